The van der Waals surface area contributed by atoms with Crippen LogP contribution in [0.1, 0.15) is 17.3 Å². The molecule has 0 radical (unpaired) electrons. The molecule has 3 rings (SSSR count). The van der Waals surface area contributed by atoms with Crippen LogP contribution in [0.25, 0.3) is 10.8 Å². The lowest BCUT2D eigenvalue weighted by atomic mass is 10.1. The summed E-state index contributed by atoms with van der Waals surface area (Å²) in [5.41, 5.74) is 0.441. The van der Waals surface area contributed by atoms with E-state index in [-0.39, 0.29) is 30.9 Å². The van der Waals surface area contributed by atoms with Crippen molar-refractivity contribution in [3.05, 3.63) is 48.0 Å². The second-order valence-corrected chi connectivity index (χ2v) is 6.79. The van der Waals surface area contributed by atoms with Gasteiger partial charge in [-0.05, 0) is 22.9 Å². The molecule has 3 amide bonds. The van der Waals surface area contributed by atoms with E-state index in [2.05, 4.69) is 5.32 Å². The number of rotatable bonds is 5. The maximum Gasteiger partial charge on any atom is 0.325 e. The van der Waals surface area contributed by atoms with E-state index in [9.17, 15) is 19.2 Å². The van der Waals surface area contributed by atoms with Crippen LogP contribution >= 0.6 is 0 Å². The second kappa shape index (κ2) is 9.18. The van der Waals surface area contributed by atoms with Crippen molar-refractivity contribution in [2.24, 2.45) is 0 Å². The largest absolute Gasteiger partial charge is 0.454 e. The van der Waals surface area contributed by atoms with Gasteiger partial charge in [0.1, 0.15) is 6.54 Å². The highest BCUT2D eigenvalue weighted by molar-refractivity contribution is 5.99. The Morgan fingerprint density at radius 3 is 2.28 bits per heavy atom. The van der Waals surface area contributed by atoms with E-state index in [0.29, 0.717) is 31.7 Å². The van der Waals surface area contributed by atoms with Crippen LogP contribution in [0.2, 0.25) is 0 Å². The van der Waals surface area contributed by atoms with E-state index < -0.39 is 5.97 Å². The fraction of sp³-hybridized carbons (Fsp3) is 0.333. The van der Waals surface area contributed by atoms with Crippen LogP contribution < -0.4 is 5.32 Å². The summed E-state index contributed by atoms with van der Waals surface area (Å²) >= 11 is 0. The third kappa shape index (κ3) is 5.31. The summed E-state index contributed by atoms with van der Waals surface area (Å²) in [5.74, 6) is -1.41. The van der Waals surface area contributed by atoms with Gasteiger partial charge < -0.3 is 19.9 Å². The fourth-order valence-electron chi connectivity index (χ4n) is 3.14. The summed E-state index contributed by atoms with van der Waals surface area (Å²) in [7, 11) is 0. The van der Waals surface area contributed by atoms with Crippen LogP contribution in [-0.2, 0) is 19.1 Å². The molecule has 1 saturated heterocycles. The van der Waals surface area contributed by atoms with Crippen LogP contribution in [0, 0.1) is 0 Å². The van der Waals surface area contributed by atoms with E-state index in [1.165, 1.54) is 6.92 Å². The molecule has 1 N–H and O–H groups in total. The first-order valence-corrected chi connectivity index (χ1v) is 9.40. The quantitative estimate of drug-likeness (QED) is 0.753. The number of benzene rings is 2. The molecule has 0 aliphatic carbocycles. The first-order valence-electron chi connectivity index (χ1n) is 9.40. The Hall–Kier alpha value is -3.42. The lowest BCUT2D eigenvalue weighted by Crippen LogP contribution is -2.51. The zero-order valence-electron chi connectivity index (χ0n) is 16.2. The normalized spacial score (nSPS) is 13.8. The van der Waals surface area contributed by atoms with E-state index in [1.807, 2.05) is 30.3 Å². The SMILES string of the molecule is CC(=O)N1CCN(C(=O)COC(=O)CNC(=O)c2ccc3ccccc3c2)CC1. The molecule has 2 aromatic carbocycles. The molecule has 0 atom stereocenters. The average Bonchev–Trinajstić information content (AvgIpc) is 2.75. The molecule has 152 valence electrons. The molecule has 2 aromatic rings. The second-order valence-electron chi connectivity index (χ2n) is 6.79. The van der Waals surface area contributed by atoms with E-state index in [1.54, 1.807) is 21.9 Å². The molecule has 8 nitrogen and oxygen atoms in total. The van der Waals surface area contributed by atoms with Gasteiger partial charge in [-0.1, -0.05) is 30.3 Å². The van der Waals surface area contributed by atoms with Crippen molar-refractivity contribution < 1.29 is 23.9 Å². The number of hydrogen-bond donors (Lipinski definition) is 1. The van der Waals surface area contributed by atoms with Crippen molar-refractivity contribution in [2.75, 3.05) is 39.3 Å². The number of piperazine rings is 1. The van der Waals surface area contributed by atoms with Crippen LogP contribution in [0.5, 0.6) is 0 Å². The molecular formula is C21H23N3O5. The van der Waals surface area contributed by atoms with Gasteiger partial charge in [-0.2, -0.15) is 0 Å². The molecule has 8 heteroatoms. The third-order valence-electron chi connectivity index (χ3n) is 4.84. The maximum atomic E-state index is 12.2. The van der Waals surface area contributed by atoms with Gasteiger partial charge in [-0.25, -0.2) is 0 Å². The van der Waals surface area contributed by atoms with Crippen molar-refractivity contribution in [3.63, 3.8) is 0 Å². The molecule has 29 heavy (non-hydrogen) atoms. The summed E-state index contributed by atoms with van der Waals surface area (Å²) in [6.45, 7) is 2.55. The van der Waals surface area contributed by atoms with Crippen LogP contribution in [0.3, 0.4) is 0 Å². The molecule has 1 aliphatic heterocycles. The standard InChI is InChI=1S/C21H23N3O5/c1-15(25)23-8-10-24(11-9-23)19(26)14-29-20(27)13-22-21(28)18-7-6-16-4-2-3-5-17(16)12-18/h2-7,12H,8-11,13-14H2,1H3,(H,22,28). The smallest absolute Gasteiger partial charge is 0.325 e. The van der Waals surface area contributed by atoms with Gasteiger partial charge in [0.25, 0.3) is 11.8 Å². The Morgan fingerprint density at radius 2 is 1.59 bits per heavy atom. The fourth-order valence-corrected chi connectivity index (χ4v) is 3.14. The van der Waals surface area contributed by atoms with Crippen LogP contribution in [0.15, 0.2) is 42.5 Å². The monoisotopic (exact) mass is 397 g/mol. The minimum atomic E-state index is -0.685. The number of hydrogen-bond acceptors (Lipinski definition) is 5. The highest BCUT2D eigenvalue weighted by atomic mass is 16.5. The zero-order chi connectivity index (χ0) is 20.8. The van der Waals surface area contributed by atoms with Gasteiger partial charge in [-0.15, -0.1) is 0 Å². The lowest BCUT2D eigenvalue weighted by molar-refractivity contribution is -0.152. The van der Waals surface area contributed by atoms with Crippen molar-refractivity contribution in [2.45, 2.75) is 6.92 Å². The van der Waals surface area contributed by atoms with Crippen LogP contribution in [-0.4, -0.2) is 72.8 Å². The number of carbonyl (C=O) groups excluding carboxylic acids is 4. The summed E-state index contributed by atoms with van der Waals surface area (Å²) in [6, 6.07) is 12.9. The summed E-state index contributed by atoms with van der Waals surface area (Å²) < 4.78 is 4.96. The molecule has 0 aromatic heterocycles. The van der Waals surface area contributed by atoms with Crippen molar-refractivity contribution in [1.29, 1.82) is 0 Å². The first-order chi connectivity index (χ1) is 13.9. The van der Waals surface area contributed by atoms with Gasteiger partial charge in [0.15, 0.2) is 6.61 Å². The number of nitrogens with zero attached hydrogens (tertiary/aromatic N) is 2. The number of carbonyl (C=O) groups is 4. The molecular weight excluding hydrogens is 374 g/mol. The van der Waals surface area contributed by atoms with Gasteiger partial charge in [0.2, 0.25) is 5.91 Å². The van der Waals surface area contributed by atoms with Gasteiger partial charge in [0.05, 0.1) is 0 Å². The minimum Gasteiger partial charge on any atom is -0.454 e. The third-order valence-corrected chi connectivity index (χ3v) is 4.84. The molecule has 1 aliphatic rings. The first kappa shape index (κ1) is 20.3. The van der Waals surface area contributed by atoms with E-state index in [0.717, 1.165) is 10.8 Å². The predicted molar refractivity (Wildman–Crippen MR) is 106 cm³/mol. The Morgan fingerprint density at radius 1 is 0.931 bits per heavy atom. The summed E-state index contributed by atoms with van der Waals surface area (Å²) in [6.07, 6.45) is 0. The summed E-state index contributed by atoms with van der Waals surface area (Å²) in [5, 5.41) is 4.45. The van der Waals surface area contributed by atoms with Crippen molar-refractivity contribution in [3.8, 4) is 0 Å². The van der Waals surface area contributed by atoms with Crippen molar-refractivity contribution >= 4 is 34.5 Å². The van der Waals surface area contributed by atoms with Crippen LogP contribution in [0.4, 0.5) is 0 Å². The molecule has 0 bridgehead atoms. The molecule has 1 heterocycles. The zero-order valence-corrected chi connectivity index (χ0v) is 16.2. The van der Waals surface area contributed by atoms with Gasteiger partial charge in [0, 0.05) is 38.7 Å². The Labute approximate surface area is 168 Å². The molecule has 0 unspecified atom stereocenters. The minimum absolute atomic E-state index is 0.0225. The topological polar surface area (TPSA) is 96.0 Å². The number of ether oxygens (including phenoxy) is 1. The predicted octanol–water partition coefficient (Wildman–Crippen LogP) is 0.804. The molecule has 0 saturated carbocycles. The van der Waals surface area contributed by atoms with Crippen molar-refractivity contribution in [1.82, 2.24) is 15.1 Å². The Bertz CT molecular complexity index is 935. The summed E-state index contributed by atoms with van der Waals surface area (Å²) in [4.78, 5) is 50.7. The highest BCUT2D eigenvalue weighted by Gasteiger charge is 2.23. The number of fused-ring (bicyclic) bond motifs is 1. The number of esters is 1. The number of amides is 3. The Kier molecular flexibility index (Phi) is 6.43. The number of nitrogens with one attached hydrogen (secondary N) is 1. The van der Waals surface area contributed by atoms with Gasteiger partial charge >= 0.3 is 5.97 Å². The maximum absolute atomic E-state index is 12.2. The van der Waals surface area contributed by atoms with E-state index in [4.69, 9.17) is 4.74 Å². The van der Waals surface area contributed by atoms with Gasteiger partial charge in [-0.3, -0.25) is 19.2 Å². The van der Waals surface area contributed by atoms with E-state index >= 15 is 0 Å². The molecule has 0 spiro atoms. The highest BCUT2D eigenvalue weighted by Crippen LogP contribution is 2.15. The Balaban J connectivity index is 1.42. The molecule has 1 fully saturated rings. The lowest BCUT2D eigenvalue weighted by Gasteiger charge is -2.34. The average molecular weight is 397 g/mol.